The van der Waals surface area contributed by atoms with Gasteiger partial charge in [0.15, 0.2) is 11.5 Å². The number of carbonyl (C=O) groups is 1. The fraction of sp³-hybridized carbons (Fsp3) is 0.350. The number of hydrogen-bond acceptors (Lipinski definition) is 5. The molecule has 0 aliphatic heterocycles. The van der Waals surface area contributed by atoms with Crippen LogP contribution in [0, 0.1) is 0 Å². The van der Waals surface area contributed by atoms with E-state index in [1.807, 2.05) is 31.2 Å². The maximum absolute atomic E-state index is 12.1. The first-order valence-corrected chi connectivity index (χ1v) is 8.55. The van der Waals surface area contributed by atoms with Crippen molar-refractivity contribution >= 4 is 11.6 Å². The zero-order chi connectivity index (χ0) is 18.8. The van der Waals surface area contributed by atoms with Crippen molar-refractivity contribution in [2.24, 2.45) is 0 Å². The van der Waals surface area contributed by atoms with Crippen molar-refractivity contribution in [3.05, 3.63) is 48.5 Å². The number of nitrogens with one attached hydrogen (secondary N) is 1. The third-order valence-electron chi connectivity index (χ3n) is 3.59. The van der Waals surface area contributed by atoms with Crippen LogP contribution in [0.1, 0.15) is 13.8 Å². The molecule has 0 aliphatic rings. The zero-order valence-corrected chi connectivity index (χ0v) is 15.4. The molecule has 1 unspecified atom stereocenters. The molecule has 0 bridgehead atoms. The van der Waals surface area contributed by atoms with E-state index in [2.05, 4.69) is 5.32 Å². The summed E-state index contributed by atoms with van der Waals surface area (Å²) in [4.78, 5) is 12.1. The summed E-state index contributed by atoms with van der Waals surface area (Å²) in [5, 5.41) is 2.81. The highest BCUT2D eigenvalue weighted by atomic mass is 16.5. The summed E-state index contributed by atoms with van der Waals surface area (Å²) in [6.07, 6.45) is -0.556. The Bertz CT molecular complexity index is 687. The van der Waals surface area contributed by atoms with Crippen LogP contribution in [0.25, 0.3) is 0 Å². The predicted octanol–water partition coefficient (Wildman–Crippen LogP) is 3.87. The zero-order valence-electron chi connectivity index (χ0n) is 15.4. The highest BCUT2D eigenvalue weighted by molar-refractivity contribution is 5.93. The fourth-order valence-corrected chi connectivity index (χ4v) is 2.18. The second kappa shape index (κ2) is 10.4. The van der Waals surface area contributed by atoms with Gasteiger partial charge in [-0.05, 0) is 50.2 Å². The minimum Gasteiger partial charge on any atom is -0.493 e. The van der Waals surface area contributed by atoms with E-state index in [9.17, 15) is 4.79 Å². The van der Waals surface area contributed by atoms with Crippen molar-refractivity contribution in [1.29, 1.82) is 0 Å². The van der Waals surface area contributed by atoms with E-state index in [0.29, 0.717) is 42.8 Å². The molecule has 1 atom stereocenters. The molecule has 2 rings (SSSR count). The summed E-state index contributed by atoms with van der Waals surface area (Å²) in [6, 6.07) is 14.5. The van der Waals surface area contributed by atoms with Crippen molar-refractivity contribution in [1.82, 2.24) is 0 Å². The summed E-state index contributed by atoms with van der Waals surface area (Å²) >= 11 is 0. The van der Waals surface area contributed by atoms with Gasteiger partial charge in [-0.25, -0.2) is 0 Å². The highest BCUT2D eigenvalue weighted by Gasteiger charge is 2.13. The molecule has 6 nitrogen and oxygen atoms in total. The number of para-hydroxylation sites is 2. The standard InChI is InChI=1S/C20H25NO5/c1-4-24-13-14-25-15(2)20(22)21-16-9-11-17(12-10-16)26-19-8-6-5-7-18(19)23-3/h5-12,15H,4,13-14H2,1-3H3,(H,21,22). The van der Waals surface area contributed by atoms with Crippen molar-refractivity contribution < 1.29 is 23.7 Å². The van der Waals surface area contributed by atoms with E-state index in [4.69, 9.17) is 18.9 Å². The fourth-order valence-electron chi connectivity index (χ4n) is 2.18. The predicted molar refractivity (Wildman–Crippen MR) is 100 cm³/mol. The number of hydrogen-bond donors (Lipinski definition) is 1. The van der Waals surface area contributed by atoms with Gasteiger partial charge in [0, 0.05) is 12.3 Å². The molecule has 0 aromatic heterocycles. The smallest absolute Gasteiger partial charge is 0.253 e. The Morgan fingerprint density at radius 2 is 1.73 bits per heavy atom. The molecule has 0 spiro atoms. The quantitative estimate of drug-likeness (QED) is 0.653. The first-order chi connectivity index (χ1) is 12.6. The molecule has 0 fully saturated rings. The molecule has 140 valence electrons. The van der Waals surface area contributed by atoms with E-state index in [-0.39, 0.29) is 5.91 Å². The normalized spacial score (nSPS) is 11.7. The third kappa shape index (κ3) is 6.06. The van der Waals surface area contributed by atoms with Crippen LogP contribution in [0.3, 0.4) is 0 Å². The van der Waals surface area contributed by atoms with Crippen LogP contribution in [0.4, 0.5) is 5.69 Å². The Kier molecular flexibility index (Phi) is 7.92. The van der Waals surface area contributed by atoms with Crippen molar-refractivity contribution in [2.45, 2.75) is 20.0 Å². The molecule has 0 heterocycles. The number of benzene rings is 2. The molecule has 0 saturated carbocycles. The number of amides is 1. The Hall–Kier alpha value is -2.57. The summed E-state index contributed by atoms with van der Waals surface area (Å²) in [7, 11) is 1.60. The lowest BCUT2D eigenvalue weighted by atomic mass is 10.2. The van der Waals surface area contributed by atoms with Crippen LogP contribution in [0.2, 0.25) is 0 Å². The monoisotopic (exact) mass is 359 g/mol. The minimum absolute atomic E-state index is 0.208. The van der Waals surface area contributed by atoms with Gasteiger partial charge in [0.2, 0.25) is 0 Å². The van der Waals surface area contributed by atoms with Gasteiger partial charge in [0.25, 0.3) is 5.91 Å². The lowest BCUT2D eigenvalue weighted by molar-refractivity contribution is -0.127. The number of ether oxygens (including phenoxy) is 4. The maximum Gasteiger partial charge on any atom is 0.253 e. The first-order valence-electron chi connectivity index (χ1n) is 8.55. The SMILES string of the molecule is CCOCCOC(C)C(=O)Nc1ccc(Oc2ccccc2OC)cc1. The largest absolute Gasteiger partial charge is 0.493 e. The van der Waals surface area contributed by atoms with E-state index in [1.165, 1.54) is 0 Å². The van der Waals surface area contributed by atoms with Crippen molar-refractivity contribution in [3.8, 4) is 17.2 Å². The van der Waals surface area contributed by atoms with Crippen molar-refractivity contribution in [2.75, 3.05) is 32.2 Å². The van der Waals surface area contributed by atoms with Gasteiger partial charge < -0.3 is 24.3 Å². The van der Waals surface area contributed by atoms with Crippen LogP contribution in [0.15, 0.2) is 48.5 Å². The average molecular weight is 359 g/mol. The Balaban J connectivity index is 1.87. The van der Waals surface area contributed by atoms with Crippen LogP contribution < -0.4 is 14.8 Å². The minimum atomic E-state index is -0.556. The molecule has 0 aliphatic carbocycles. The van der Waals surface area contributed by atoms with Gasteiger partial charge in [0.05, 0.1) is 20.3 Å². The average Bonchev–Trinajstić information content (AvgIpc) is 2.67. The number of anilines is 1. The molecule has 6 heteroatoms. The Morgan fingerprint density at radius 1 is 1.04 bits per heavy atom. The van der Waals surface area contributed by atoms with Crippen LogP contribution in [-0.2, 0) is 14.3 Å². The van der Waals surface area contributed by atoms with Gasteiger partial charge in [-0.3, -0.25) is 4.79 Å². The van der Waals surface area contributed by atoms with Gasteiger partial charge in [-0.1, -0.05) is 12.1 Å². The molecular formula is C20H25NO5. The van der Waals surface area contributed by atoms with Crippen LogP contribution >= 0.6 is 0 Å². The lowest BCUT2D eigenvalue weighted by Gasteiger charge is -2.14. The van der Waals surface area contributed by atoms with Gasteiger partial charge in [-0.15, -0.1) is 0 Å². The van der Waals surface area contributed by atoms with E-state index >= 15 is 0 Å². The molecule has 2 aromatic carbocycles. The number of rotatable bonds is 10. The topological polar surface area (TPSA) is 66.0 Å². The summed E-state index contributed by atoms with van der Waals surface area (Å²) in [6.45, 7) is 5.11. The van der Waals surface area contributed by atoms with Gasteiger partial charge >= 0.3 is 0 Å². The van der Waals surface area contributed by atoms with Crippen molar-refractivity contribution in [3.63, 3.8) is 0 Å². The molecule has 1 N–H and O–H groups in total. The second-order valence-electron chi connectivity index (χ2n) is 5.48. The Labute approximate surface area is 154 Å². The molecular weight excluding hydrogens is 334 g/mol. The Morgan fingerprint density at radius 3 is 2.38 bits per heavy atom. The first kappa shape index (κ1) is 19.8. The highest BCUT2D eigenvalue weighted by Crippen LogP contribution is 2.31. The second-order valence-corrected chi connectivity index (χ2v) is 5.48. The summed E-state index contributed by atoms with van der Waals surface area (Å²) < 4.78 is 21.7. The molecule has 0 radical (unpaired) electrons. The summed E-state index contributed by atoms with van der Waals surface area (Å²) in [5.74, 6) is 1.72. The van der Waals surface area contributed by atoms with E-state index in [0.717, 1.165) is 0 Å². The number of methoxy groups -OCH3 is 1. The molecule has 2 aromatic rings. The molecule has 1 amide bonds. The molecule has 26 heavy (non-hydrogen) atoms. The van der Waals surface area contributed by atoms with E-state index < -0.39 is 6.10 Å². The summed E-state index contributed by atoms with van der Waals surface area (Å²) in [5.41, 5.74) is 0.669. The van der Waals surface area contributed by atoms with Crippen LogP contribution in [-0.4, -0.2) is 38.9 Å². The number of carbonyl (C=O) groups excluding carboxylic acids is 1. The lowest BCUT2D eigenvalue weighted by Crippen LogP contribution is -2.28. The third-order valence-corrected chi connectivity index (χ3v) is 3.59. The van der Waals surface area contributed by atoms with Crippen LogP contribution in [0.5, 0.6) is 17.2 Å². The maximum atomic E-state index is 12.1. The van der Waals surface area contributed by atoms with E-state index in [1.54, 1.807) is 38.3 Å². The van der Waals surface area contributed by atoms with Gasteiger partial charge in [-0.2, -0.15) is 0 Å². The van der Waals surface area contributed by atoms with Gasteiger partial charge in [0.1, 0.15) is 11.9 Å². The molecule has 0 saturated heterocycles.